The first kappa shape index (κ1) is 20.1. The summed E-state index contributed by atoms with van der Waals surface area (Å²) in [6, 6.07) is 11.3. The number of benzene rings is 2. The molecule has 26 heavy (non-hydrogen) atoms. The van der Waals surface area contributed by atoms with Crippen LogP contribution in [0.4, 0.5) is 5.69 Å². The molecule has 5 nitrogen and oxygen atoms in total. The van der Waals surface area contributed by atoms with Crippen LogP contribution in [-0.4, -0.2) is 25.7 Å². The number of halogens is 1. The van der Waals surface area contributed by atoms with E-state index in [4.69, 9.17) is 21.1 Å². The van der Waals surface area contributed by atoms with E-state index in [1.54, 1.807) is 0 Å². The largest absolute Gasteiger partial charge is 0.490 e. The van der Waals surface area contributed by atoms with Crippen LogP contribution in [0.1, 0.15) is 25.0 Å². The Morgan fingerprint density at radius 1 is 1.12 bits per heavy atom. The molecule has 0 fully saturated rings. The van der Waals surface area contributed by atoms with Gasteiger partial charge in [-0.2, -0.15) is 0 Å². The Morgan fingerprint density at radius 2 is 1.85 bits per heavy atom. The third-order valence-electron chi connectivity index (χ3n) is 3.63. The number of anilines is 1. The Hall–Kier alpha value is -2.24. The fraction of sp³-hybridized carbons (Fsp3) is 0.350. The fourth-order valence-electron chi connectivity index (χ4n) is 2.37. The van der Waals surface area contributed by atoms with Crippen LogP contribution in [0.5, 0.6) is 11.5 Å². The molecular formula is C20H25ClN2O3. The highest BCUT2D eigenvalue weighted by molar-refractivity contribution is 6.32. The Bertz CT molecular complexity index is 733. The molecule has 0 aliphatic heterocycles. The Balaban J connectivity index is 2.04. The van der Waals surface area contributed by atoms with E-state index in [0.29, 0.717) is 29.7 Å². The van der Waals surface area contributed by atoms with E-state index in [9.17, 15) is 4.79 Å². The number of hydrogen-bond donors (Lipinski definition) is 2. The van der Waals surface area contributed by atoms with Gasteiger partial charge < -0.3 is 20.1 Å². The highest BCUT2D eigenvalue weighted by atomic mass is 35.5. The van der Waals surface area contributed by atoms with Crippen LogP contribution in [0.15, 0.2) is 36.4 Å². The molecule has 0 heterocycles. The predicted molar refractivity (Wildman–Crippen MR) is 105 cm³/mol. The van der Waals surface area contributed by atoms with Crippen LogP contribution < -0.4 is 20.1 Å². The number of carbonyl (C=O) groups is 1. The van der Waals surface area contributed by atoms with Gasteiger partial charge in [-0.3, -0.25) is 4.79 Å². The van der Waals surface area contributed by atoms with E-state index in [1.807, 2.05) is 57.2 Å². The minimum atomic E-state index is -0.260. The lowest BCUT2D eigenvalue weighted by molar-refractivity contribution is -0.118. The minimum Gasteiger partial charge on any atom is -0.490 e. The van der Waals surface area contributed by atoms with Crippen molar-refractivity contribution in [3.05, 3.63) is 52.5 Å². The summed E-state index contributed by atoms with van der Waals surface area (Å²) in [6.07, 6.45) is 0. The summed E-state index contributed by atoms with van der Waals surface area (Å²) in [5, 5.41) is 6.46. The van der Waals surface area contributed by atoms with Crippen LogP contribution in [0.3, 0.4) is 0 Å². The van der Waals surface area contributed by atoms with E-state index in [0.717, 1.165) is 23.4 Å². The molecule has 140 valence electrons. The van der Waals surface area contributed by atoms with Crippen molar-refractivity contribution in [3.8, 4) is 11.5 Å². The van der Waals surface area contributed by atoms with Crippen LogP contribution in [-0.2, 0) is 11.3 Å². The van der Waals surface area contributed by atoms with Crippen molar-refractivity contribution in [2.45, 2.75) is 27.3 Å². The quantitative estimate of drug-likeness (QED) is 0.689. The first-order valence-electron chi connectivity index (χ1n) is 8.68. The lowest BCUT2D eigenvalue weighted by atomic mass is 10.2. The molecule has 0 aliphatic rings. The molecule has 0 bridgehead atoms. The zero-order valence-corrected chi connectivity index (χ0v) is 16.2. The lowest BCUT2D eigenvalue weighted by Gasteiger charge is -2.15. The van der Waals surface area contributed by atoms with Crippen molar-refractivity contribution in [1.82, 2.24) is 5.32 Å². The molecule has 0 atom stereocenters. The van der Waals surface area contributed by atoms with Crippen molar-refractivity contribution >= 4 is 23.2 Å². The monoisotopic (exact) mass is 376 g/mol. The topological polar surface area (TPSA) is 59.6 Å². The first-order chi connectivity index (χ1) is 12.5. The Morgan fingerprint density at radius 3 is 2.50 bits per heavy atom. The van der Waals surface area contributed by atoms with Crippen molar-refractivity contribution < 1.29 is 14.3 Å². The van der Waals surface area contributed by atoms with Crippen LogP contribution in [0.25, 0.3) is 0 Å². The van der Waals surface area contributed by atoms with E-state index >= 15 is 0 Å². The second kappa shape index (κ2) is 10.0. The molecule has 2 aromatic carbocycles. The fourth-order valence-corrected chi connectivity index (χ4v) is 2.66. The molecule has 0 radical (unpaired) electrons. The molecular weight excluding hydrogens is 352 g/mol. The van der Waals surface area contributed by atoms with Gasteiger partial charge in [0.05, 0.1) is 11.6 Å². The van der Waals surface area contributed by atoms with Gasteiger partial charge in [0, 0.05) is 12.2 Å². The highest BCUT2D eigenvalue weighted by Gasteiger charge is 2.14. The Kier molecular flexibility index (Phi) is 7.75. The van der Waals surface area contributed by atoms with Gasteiger partial charge in [0.1, 0.15) is 0 Å². The average Bonchev–Trinajstić information content (AvgIpc) is 2.61. The number of carbonyl (C=O) groups excluding carboxylic acids is 1. The molecule has 2 N–H and O–H groups in total. The SMILES string of the molecule is CCNCc1cc(Cl)c(OCC(=O)Nc2ccc(C)cc2)c(OCC)c1. The van der Waals surface area contributed by atoms with E-state index in [1.165, 1.54) is 0 Å². The molecule has 2 rings (SSSR count). The van der Waals surface area contributed by atoms with E-state index < -0.39 is 0 Å². The van der Waals surface area contributed by atoms with E-state index in [-0.39, 0.29) is 12.5 Å². The maximum atomic E-state index is 12.1. The van der Waals surface area contributed by atoms with Crippen molar-refractivity contribution in [1.29, 1.82) is 0 Å². The average molecular weight is 377 g/mol. The number of hydrogen-bond acceptors (Lipinski definition) is 4. The number of amides is 1. The number of rotatable bonds is 9. The van der Waals surface area contributed by atoms with Gasteiger partial charge in [0.2, 0.25) is 0 Å². The van der Waals surface area contributed by atoms with Crippen molar-refractivity contribution in [3.63, 3.8) is 0 Å². The number of ether oxygens (including phenoxy) is 2. The number of nitrogens with one attached hydrogen (secondary N) is 2. The summed E-state index contributed by atoms with van der Waals surface area (Å²) in [4.78, 5) is 12.1. The molecule has 0 aromatic heterocycles. The van der Waals surface area contributed by atoms with Gasteiger partial charge in [0.25, 0.3) is 5.91 Å². The smallest absolute Gasteiger partial charge is 0.262 e. The summed E-state index contributed by atoms with van der Waals surface area (Å²) in [5.74, 6) is 0.660. The molecule has 0 unspecified atom stereocenters. The van der Waals surface area contributed by atoms with Gasteiger partial charge in [-0.05, 0) is 50.2 Å². The number of aryl methyl sites for hydroxylation is 1. The first-order valence-corrected chi connectivity index (χ1v) is 9.06. The van der Waals surface area contributed by atoms with Gasteiger partial charge in [0.15, 0.2) is 18.1 Å². The normalized spacial score (nSPS) is 10.5. The van der Waals surface area contributed by atoms with Crippen molar-refractivity contribution in [2.24, 2.45) is 0 Å². The third kappa shape index (κ3) is 5.93. The van der Waals surface area contributed by atoms with Crippen LogP contribution in [0.2, 0.25) is 5.02 Å². The second-order valence-electron chi connectivity index (χ2n) is 5.82. The maximum Gasteiger partial charge on any atom is 0.262 e. The Labute approximate surface area is 159 Å². The third-order valence-corrected chi connectivity index (χ3v) is 3.91. The molecule has 1 amide bonds. The molecule has 6 heteroatoms. The molecule has 0 aliphatic carbocycles. The maximum absolute atomic E-state index is 12.1. The summed E-state index contributed by atoms with van der Waals surface area (Å²) in [5.41, 5.74) is 2.85. The van der Waals surface area contributed by atoms with Crippen molar-refractivity contribution in [2.75, 3.05) is 25.1 Å². The lowest BCUT2D eigenvalue weighted by Crippen LogP contribution is -2.20. The summed E-state index contributed by atoms with van der Waals surface area (Å²) < 4.78 is 11.3. The zero-order chi connectivity index (χ0) is 18.9. The molecule has 0 saturated carbocycles. The van der Waals surface area contributed by atoms with E-state index in [2.05, 4.69) is 10.6 Å². The van der Waals surface area contributed by atoms with Crippen LogP contribution >= 0.6 is 11.6 Å². The summed E-state index contributed by atoms with van der Waals surface area (Å²) in [6.45, 7) is 7.79. The molecule has 2 aromatic rings. The van der Waals surface area contributed by atoms with Gasteiger partial charge in [-0.1, -0.05) is 36.2 Å². The minimum absolute atomic E-state index is 0.153. The summed E-state index contributed by atoms with van der Waals surface area (Å²) in [7, 11) is 0. The van der Waals surface area contributed by atoms with Gasteiger partial charge >= 0.3 is 0 Å². The standard InChI is InChI=1S/C20H25ClN2O3/c1-4-22-12-15-10-17(21)20(18(11-15)25-5-2)26-13-19(24)23-16-8-6-14(3)7-9-16/h6-11,22H,4-5,12-13H2,1-3H3,(H,23,24). The highest BCUT2D eigenvalue weighted by Crippen LogP contribution is 2.36. The predicted octanol–water partition coefficient (Wildman–Crippen LogP) is 4.17. The molecule has 0 saturated heterocycles. The zero-order valence-electron chi connectivity index (χ0n) is 15.4. The van der Waals surface area contributed by atoms with Gasteiger partial charge in [-0.25, -0.2) is 0 Å². The molecule has 0 spiro atoms. The van der Waals surface area contributed by atoms with Gasteiger partial charge in [-0.15, -0.1) is 0 Å². The van der Waals surface area contributed by atoms with Crippen LogP contribution in [0, 0.1) is 6.92 Å². The summed E-state index contributed by atoms with van der Waals surface area (Å²) >= 11 is 6.35. The second-order valence-corrected chi connectivity index (χ2v) is 6.23.